The molecule has 3 aromatic rings. The SMILES string of the molecule is CCn1c(C)cc(C(=O)COC(=O)c2cc3ccccc3nc2N2CCCC2)c1C. The molecule has 6 heteroatoms. The van der Waals surface area contributed by atoms with Gasteiger partial charge in [-0.05, 0) is 51.8 Å². The van der Waals surface area contributed by atoms with Gasteiger partial charge in [-0.3, -0.25) is 4.79 Å². The van der Waals surface area contributed by atoms with Gasteiger partial charge in [-0.25, -0.2) is 9.78 Å². The van der Waals surface area contributed by atoms with Gasteiger partial charge < -0.3 is 14.2 Å². The van der Waals surface area contributed by atoms with Crippen LogP contribution < -0.4 is 4.90 Å². The van der Waals surface area contributed by atoms with Gasteiger partial charge in [-0.2, -0.15) is 0 Å². The maximum absolute atomic E-state index is 13.0. The number of anilines is 1. The third kappa shape index (κ3) is 3.70. The molecule has 0 unspecified atom stereocenters. The molecule has 1 aliphatic heterocycles. The van der Waals surface area contributed by atoms with Gasteiger partial charge in [0.15, 0.2) is 6.61 Å². The molecule has 156 valence electrons. The van der Waals surface area contributed by atoms with E-state index in [0.29, 0.717) is 16.9 Å². The minimum Gasteiger partial charge on any atom is -0.454 e. The number of nitrogens with zero attached hydrogens (tertiary/aromatic N) is 3. The van der Waals surface area contributed by atoms with Crippen LogP contribution in [0, 0.1) is 13.8 Å². The average molecular weight is 405 g/mol. The first-order chi connectivity index (χ1) is 14.5. The lowest BCUT2D eigenvalue weighted by atomic mass is 10.1. The van der Waals surface area contributed by atoms with Crippen LogP contribution in [-0.4, -0.2) is 41.0 Å². The lowest BCUT2D eigenvalue weighted by Gasteiger charge is -2.20. The zero-order chi connectivity index (χ0) is 21.3. The molecule has 0 atom stereocenters. The lowest BCUT2D eigenvalue weighted by Crippen LogP contribution is -2.23. The molecular weight excluding hydrogens is 378 g/mol. The molecule has 4 rings (SSSR count). The van der Waals surface area contributed by atoms with Crippen molar-refractivity contribution in [2.45, 2.75) is 40.2 Å². The first-order valence-corrected chi connectivity index (χ1v) is 10.5. The number of para-hydroxylation sites is 1. The molecule has 0 radical (unpaired) electrons. The number of ketones is 1. The highest BCUT2D eigenvalue weighted by molar-refractivity contribution is 6.03. The number of esters is 1. The van der Waals surface area contributed by atoms with Crippen LogP contribution in [0.4, 0.5) is 5.82 Å². The molecule has 1 aliphatic rings. The van der Waals surface area contributed by atoms with Gasteiger partial charge in [0.2, 0.25) is 5.78 Å². The van der Waals surface area contributed by atoms with E-state index < -0.39 is 5.97 Å². The number of Topliss-reactive ketones (excluding diaryl/α,β-unsaturated/α-hetero) is 1. The van der Waals surface area contributed by atoms with Crippen molar-refractivity contribution in [3.8, 4) is 0 Å². The van der Waals surface area contributed by atoms with Gasteiger partial charge >= 0.3 is 5.97 Å². The van der Waals surface area contributed by atoms with Crippen LogP contribution in [0.5, 0.6) is 0 Å². The Morgan fingerprint density at radius 2 is 1.80 bits per heavy atom. The zero-order valence-electron chi connectivity index (χ0n) is 17.8. The minimum atomic E-state index is -0.507. The Balaban J connectivity index is 1.58. The third-order valence-electron chi connectivity index (χ3n) is 5.85. The van der Waals surface area contributed by atoms with Crippen LogP contribution in [0.25, 0.3) is 10.9 Å². The van der Waals surface area contributed by atoms with E-state index in [4.69, 9.17) is 9.72 Å². The fraction of sp³-hybridized carbons (Fsp3) is 0.375. The van der Waals surface area contributed by atoms with Gasteiger partial charge in [0.25, 0.3) is 0 Å². The van der Waals surface area contributed by atoms with Crippen molar-refractivity contribution in [3.05, 3.63) is 58.9 Å². The normalized spacial score (nSPS) is 13.8. The summed E-state index contributed by atoms with van der Waals surface area (Å²) in [5, 5.41) is 0.880. The van der Waals surface area contributed by atoms with Crippen LogP contribution in [0.3, 0.4) is 0 Å². The van der Waals surface area contributed by atoms with Crippen molar-refractivity contribution in [1.29, 1.82) is 0 Å². The Labute approximate surface area is 176 Å². The topological polar surface area (TPSA) is 64.4 Å². The maximum atomic E-state index is 13.0. The number of aromatic nitrogens is 2. The number of pyridine rings is 1. The summed E-state index contributed by atoms with van der Waals surface area (Å²) in [4.78, 5) is 32.6. The molecule has 3 heterocycles. The van der Waals surface area contributed by atoms with Crippen LogP contribution in [-0.2, 0) is 11.3 Å². The average Bonchev–Trinajstić information content (AvgIpc) is 3.38. The molecule has 0 aliphatic carbocycles. The van der Waals surface area contributed by atoms with Crippen molar-refractivity contribution in [2.24, 2.45) is 0 Å². The monoisotopic (exact) mass is 405 g/mol. The summed E-state index contributed by atoms with van der Waals surface area (Å²) in [6, 6.07) is 11.4. The van der Waals surface area contributed by atoms with Crippen molar-refractivity contribution >= 4 is 28.5 Å². The van der Waals surface area contributed by atoms with Crippen molar-refractivity contribution < 1.29 is 14.3 Å². The zero-order valence-corrected chi connectivity index (χ0v) is 17.8. The molecule has 0 saturated carbocycles. The van der Waals surface area contributed by atoms with Gasteiger partial charge in [-0.1, -0.05) is 18.2 Å². The van der Waals surface area contributed by atoms with Gasteiger partial charge in [0, 0.05) is 42.0 Å². The number of ether oxygens (including phenoxy) is 1. The van der Waals surface area contributed by atoms with Gasteiger partial charge in [-0.15, -0.1) is 0 Å². The van der Waals surface area contributed by atoms with Crippen LogP contribution in [0.15, 0.2) is 36.4 Å². The summed E-state index contributed by atoms with van der Waals surface area (Å²) in [7, 11) is 0. The highest BCUT2D eigenvalue weighted by Crippen LogP contribution is 2.27. The summed E-state index contributed by atoms with van der Waals surface area (Å²) in [6.07, 6.45) is 2.16. The molecule has 6 nitrogen and oxygen atoms in total. The highest BCUT2D eigenvalue weighted by Gasteiger charge is 2.24. The van der Waals surface area contributed by atoms with Crippen molar-refractivity contribution in [3.63, 3.8) is 0 Å². The molecule has 0 amide bonds. The molecule has 1 aromatic carbocycles. The molecule has 30 heavy (non-hydrogen) atoms. The first kappa shape index (κ1) is 20.1. The second-order valence-corrected chi connectivity index (χ2v) is 7.77. The molecule has 0 spiro atoms. The van der Waals surface area contributed by atoms with Crippen LogP contribution in [0.1, 0.15) is 51.9 Å². The summed E-state index contributed by atoms with van der Waals surface area (Å²) >= 11 is 0. The number of benzene rings is 1. The van der Waals surface area contributed by atoms with E-state index in [2.05, 4.69) is 9.47 Å². The fourth-order valence-electron chi connectivity index (χ4n) is 4.28. The number of aryl methyl sites for hydroxylation is 1. The number of carbonyl (C=O) groups is 2. The number of hydrogen-bond acceptors (Lipinski definition) is 5. The van der Waals surface area contributed by atoms with E-state index >= 15 is 0 Å². The first-order valence-electron chi connectivity index (χ1n) is 10.5. The van der Waals surface area contributed by atoms with Crippen molar-refractivity contribution in [1.82, 2.24) is 9.55 Å². The minimum absolute atomic E-state index is 0.187. The predicted octanol–water partition coefficient (Wildman–Crippen LogP) is 4.31. The lowest BCUT2D eigenvalue weighted by molar-refractivity contribution is 0.0475. The quantitative estimate of drug-likeness (QED) is 0.452. The number of carbonyl (C=O) groups excluding carboxylic acids is 2. The Kier molecular flexibility index (Phi) is 5.57. The van der Waals surface area contributed by atoms with E-state index in [-0.39, 0.29) is 12.4 Å². The Morgan fingerprint density at radius 1 is 1.07 bits per heavy atom. The van der Waals surface area contributed by atoms with Crippen LogP contribution in [0.2, 0.25) is 0 Å². The van der Waals surface area contributed by atoms with Crippen LogP contribution >= 0.6 is 0 Å². The smallest absolute Gasteiger partial charge is 0.342 e. The third-order valence-corrected chi connectivity index (χ3v) is 5.85. The van der Waals surface area contributed by atoms with E-state index in [1.54, 1.807) is 0 Å². The standard InChI is InChI=1S/C24H27N3O3/c1-4-27-16(2)13-19(17(27)3)22(28)15-30-24(29)20-14-18-9-5-6-10-21(18)25-23(20)26-11-7-8-12-26/h5-6,9-10,13-14H,4,7-8,11-12,15H2,1-3H3. The summed E-state index contributed by atoms with van der Waals surface area (Å²) in [5.41, 5.74) is 3.81. The number of hydrogen-bond donors (Lipinski definition) is 0. The molecule has 1 fully saturated rings. The summed E-state index contributed by atoms with van der Waals surface area (Å²) < 4.78 is 7.54. The van der Waals surface area contributed by atoms with E-state index in [1.807, 2.05) is 57.2 Å². The maximum Gasteiger partial charge on any atom is 0.342 e. The Morgan fingerprint density at radius 3 is 2.50 bits per heavy atom. The molecule has 0 bridgehead atoms. The molecular formula is C24H27N3O3. The summed E-state index contributed by atoms with van der Waals surface area (Å²) in [6.45, 7) is 8.19. The van der Waals surface area contributed by atoms with E-state index in [0.717, 1.165) is 54.8 Å². The Bertz CT molecular complexity index is 1110. The largest absolute Gasteiger partial charge is 0.454 e. The Hall–Kier alpha value is -3.15. The number of rotatable bonds is 6. The predicted molar refractivity (Wildman–Crippen MR) is 117 cm³/mol. The molecule has 2 aromatic heterocycles. The van der Waals surface area contributed by atoms with Gasteiger partial charge in [0.1, 0.15) is 11.4 Å². The fourth-order valence-corrected chi connectivity index (χ4v) is 4.28. The molecule has 1 saturated heterocycles. The highest BCUT2D eigenvalue weighted by atomic mass is 16.5. The van der Waals surface area contributed by atoms with Gasteiger partial charge in [0.05, 0.1) is 5.52 Å². The summed E-state index contributed by atoms with van der Waals surface area (Å²) in [5.74, 6) is -0.0479. The van der Waals surface area contributed by atoms with Crippen molar-refractivity contribution in [2.75, 3.05) is 24.6 Å². The number of fused-ring (bicyclic) bond motifs is 1. The van der Waals surface area contributed by atoms with E-state index in [9.17, 15) is 9.59 Å². The second-order valence-electron chi connectivity index (χ2n) is 7.77. The molecule has 0 N–H and O–H groups in total. The van der Waals surface area contributed by atoms with E-state index in [1.165, 1.54) is 0 Å². The second kappa shape index (κ2) is 8.30.